The summed E-state index contributed by atoms with van der Waals surface area (Å²) in [6.45, 7) is 5.44. The van der Waals surface area contributed by atoms with Gasteiger partial charge in [0.05, 0.1) is 34.4 Å². The number of phosphoric ester groups is 1. The molecular formula is C52H95NO7P+. The largest absolute Gasteiger partial charge is 0.472 e. The molecule has 0 aromatic rings. The van der Waals surface area contributed by atoms with E-state index in [-0.39, 0.29) is 25.8 Å². The predicted octanol–water partition coefficient (Wildman–Crippen LogP) is 15.1. The Hall–Kier alpha value is -2.06. The van der Waals surface area contributed by atoms with Gasteiger partial charge < -0.3 is 18.9 Å². The van der Waals surface area contributed by atoms with Gasteiger partial charge in [0.25, 0.3) is 0 Å². The van der Waals surface area contributed by atoms with Crippen LogP contribution in [0.4, 0.5) is 0 Å². The number of ether oxygens (including phenoxy) is 2. The van der Waals surface area contributed by atoms with Crippen molar-refractivity contribution in [3.05, 3.63) is 72.9 Å². The number of nitrogens with zero attached hydrogens (tertiary/aromatic N) is 1. The number of esters is 1. The fourth-order valence-electron chi connectivity index (χ4n) is 6.46. The Kier molecular flexibility index (Phi) is 43.0. The molecule has 2 unspecified atom stereocenters. The van der Waals surface area contributed by atoms with Gasteiger partial charge in [-0.05, 0) is 83.5 Å². The molecule has 0 rings (SSSR count). The summed E-state index contributed by atoms with van der Waals surface area (Å²) in [6.07, 6.45) is 58.1. The Morgan fingerprint density at radius 2 is 0.951 bits per heavy atom. The molecule has 354 valence electrons. The zero-order valence-electron chi connectivity index (χ0n) is 40.1. The first-order valence-corrected chi connectivity index (χ1v) is 26.2. The number of rotatable bonds is 45. The van der Waals surface area contributed by atoms with Crippen molar-refractivity contribution in [2.75, 3.05) is 54.1 Å². The monoisotopic (exact) mass is 877 g/mol. The van der Waals surface area contributed by atoms with Gasteiger partial charge in [0.2, 0.25) is 0 Å². The van der Waals surface area contributed by atoms with Crippen molar-refractivity contribution in [2.24, 2.45) is 0 Å². The van der Waals surface area contributed by atoms with Crippen LogP contribution in [0.25, 0.3) is 0 Å². The number of carbonyl (C=O) groups excluding carboxylic acids is 1. The van der Waals surface area contributed by atoms with Gasteiger partial charge >= 0.3 is 13.8 Å². The van der Waals surface area contributed by atoms with E-state index in [9.17, 15) is 14.3 Å². The second kappa shape index (κ2) is 44.5. The smallest absolute Gasteiger partial charge is 0.457 e. The summed E-state index contributed by atoms with van der Waals surface area (Å²) < 4.78 is 35.0. The number of hydrogen-bond acceptors (Lipinski definition) is 6. The molecule has 2 atom stereocenters. The van der Waals surface area contributed by atoms with E-state index in [1.807, 2.05) is 21.1 Å². The Morgan fingerprint density at radius 3 is 1.43 bits per heavy atom. The van der Waals surface area contributed by atoms with Crippen LogP contribution in [-0.4, -0.2) is 75.6 Å². The Labute approximate surface area is 376 Å². The van der Waals surface area contributed by atoms with E-state index in [0.717, 1.165) is 70.6 Å². The maximum absolute atomic E-state index is 12.7. The molecule has 0 spiro atoms. The lowest BCUT2D eigenvalue weighted by Crippen LogP contribution is -2.37. The summed E-state index contributed by atoms with van der Waals surface area (Å²) in [4.78, 5) is 22.9. The highest BCUT2D eigenvalue weighted by Crippen LogP contribution is 2.43. The maximum atomic E-state index is 12.7. The number of unbranched alkanes of at least 4 members (excludes halogenated alkanes) is 19. The van der Waals surface area contributed by atoms with Crippen LogP contribution < -0.4 is 0 Å². The molecule has 0 radical (unpaired) electrons. The molecule has 0 aromatic carbocycles. The minimum Gasteiger partial charge on any atom is -0.457 e. The van der Waals surface area contributed by atoms with E-state index < -0.39 is 13.9 Å². The lowest BCUT2D eigenvalue weighted by Gasteiger charge is -2.24. The van der Waals surface area contributed by atoms with Crippen molar-refractivity contribution in [1.29, 1.82) is 0 Å². The van der Waals surface area contributed by atoms with Crippen molar-refractivity contribution in [1.82, 2.24) is 0 Å². The van der Waals surface area contributed by atoms with Gasteiger partial charge in [0.1, 0.15) is 19.3 Å². The SMILES string of the molecule is CC/C=C\C/C=C\C/C=C\CCCCCC(=O)OC(COCCCCCCCCCCCCC/C=C\C/C=C\C/C=C\CCCCCCC)COP(=O)(O)OCC[N+](C)(C)C. The van der Waals surface area contributed by atoms with Crippen LogP contribution in [0.5, 0.6) is 0 Å². The lowest BCUT2D eigenvalue weighted by atomic mass is 10.1. The van der Waals surface area contributed by atoms with Crippen LogP contribution in [0.15, 0.2) is 72.9 Å². The summed E-state index contributed by atoms with van der Waals surface area (Å²) >= 11 is 0. The molecule has 1 N–H and O–H groups in total. The average Bonchev–Trinajstić information content (AvgIpc) is 3.22. The number of phosphoric acid groups is 1. The molecule has 8 nitrogen and oxygen atoms in total. The Bertz CT molecular complexity index is 1200. The summed E-state index contributed by atoms with van der Waals surface area (Å²) in [5, 5.41) is 0. The molecule has 0 aromatic heterocycles. The molecule has 61 heavy (non-hydrogen) atoms. The third-order valence-corrected chi connectivity index (χ3v) is 11.2. The average molecular weight is 877 g/mol. The first-order chi connectivity index (χ1) is 29.6. The number of carbonyl (C=O) groups is 1. The van der Waals surface area contributed by atoms with Crippen LogP contribution in [0.3, 0.4) is 0 Å². The molecule has 0 fully saturated rings. The molecule has 0 bridgehead atoms. The van der Waals surface area contributed by atoms with Crippen LogP contribution in [-0.2, 0) is 27.9 Å². The summed E-state index contributed by atoms with van der Waals surface area (Å²) in [7, 11) is 1.64. The van der Waals surface area contributed by atoms with Gasteiger partial charge in [0.15, 0.2) is 0 Å². The first-order valence-electron chi connectivity index (χ1n) is 24.7. The van der Waals surface area contributed by atoms with Gasteiger partial charge in [-0.25, -0.2) is 4.57 Å². The lowest BCUT2D eigenvalue weighted by molar-refractivity contribution is -0.870. The fraction of sp³-hybridized carbons (Fsp3) is 0.750. The zero-order chi connectivity index (χ0) is 44.8. The third-order valence-electron chi connectivity index (χ3n) is 10.3. The number of allylic oxidation sites excluding steroid dienone is 12. The van der Waals surface area contributed by atoms with Gasteiger partial charge in [-0.3, -0.25) is 13.8 Å². The number of quaternary nitrogens is 1. The van der Waals surface area contributed by atoms with E-state index >= 15 is 0 Å². The molecule has 0 aliphatic rings. The van der Waals surface area contributed by atoms with Crippen LogP contribution in [0.2, 0.25) is 0 Å². The van der Waals surface area contributed by atoms with Crippen molar-refractivity contribution >= 4 is 13.8 Å². The fourth-order valence-corrected chi connectivity index (χ4v) is 7.20. The molecule has 0 saturated carbocycles. The van der Waals surface area contributed by atoms with Crippen LogP contribution >= 0.6 is 7.82 Å². The van der Waals surface area contributed by atoms with Crippen LogP contribution in [0, 0.1) is 0 Å². The number of hydrogen-bond donors (Lipinski definition) is 1. The van der Waals surface area contributed by atoms with E-state index in [2.05, 4.69) is 86.8 Å². The van der Waals surface area contributed by atoms with Gasteiger partial charge in [-0.1, -0.05) is 177 Å². The topological polar surface area (TPSA) is 91.3 Å². The highest BCUT2D eigenvalue weighted by molar-refractivity contribution is 7.47. The maximum Gasteiger partial charge on any atom is 0.472 e. The first kappa shape index (κ1) is 58.9. The van der Waals surface area contributed by atoms with E-state index in [4.69, 9.17) is 18.5 Å². The third kappa shape index (κ3) is 48.8. The minimum absolute atomic E-state index is 0.0790. The van der Waals surface area contributed by atoms with E-state index in [0.29, 0.717) is 24.1 Å². The molecular weight excluding hydrogens is 782 g/mol. The van der Waals surface area contributed by atoms with Gasteiger partial charge in [-0.2, -0.15) is 0 Å². The van der Waals surface area contributed by atoms with E-state index in [1.54, 1.807) is 0 Å². The predicted molar refractivity (Wildman–Crippen MR) is 261 cm³/mol. The molecule has 9 heteroatoms. The summed E-state index contributed by atoms with van der Waals surface area (Å²) in [5.41, 5.74) is 0. The summed E-state index contributed by atoms with van der Waals surface area (Å²) in [6, 6.07) is 0. The standard InChI is InChI=1S/C52H94NO7P/c1-6-8-10-12-14-16-18-20-21-22-23-24-25-26-27-28-29-30-31-32-34-36-38-40-42-44-47-57-49-51(50-59-61(55,56)58-48-46-53(3,4)5)60-52(54)45-43-41-39-37-35-33-19-17-15-13-11-9-7-2/h9,11,15,17-18,20,22-23,25-26,33,35,51H,6-8,10,12-14,16,19,21,24,27-32,34,36-50H2,1-5H3/p+1/b11-9-,17-15-,20-18-,23-22-,26-25-,35-33-. The number of likely N-dealkylation sites (N-methyl/N-ethyl adjacent to an activating group) is 1. The van der Waals surface area contributed by atoms with Crippen molar-refractivity contribution in [2.45, 2.75) is 200 Å². The van der Waals surface area contributed by atoms with Gasteiger partial charge in [-0.15, -0.1) is 0 Å². The van der Waals surface area contributed by atoms with Gasteiger partial charge in [0, 0.05) is 13.0 Å². The summed E-state index contributed by atoms with van der Waals surface area (Å²) in [5.74, 6) is -0.345. The van der Waals surface area contributed by atoms with E-state index in [1.165, 1.54) is 103 Å². The highest BCUT2D eigenvalue weighted by Gasteiger charge is 2.26. The second-order valence-corrected chi connectivity index (χ2v) is 18.9. The Morgan fingerprint density at radius 1 is 0.525 bits per heavy atom. The van der Waals surface area contributed by atoms with Crippen molar-refractivity contribution in [3.63, 3.8) is 0 Å². The molecule has 0 heterocycles. The minimum atomic E-state index is -4.29. The molecule has 0 aliphatic carbocycles. The van der Waals surface area contributed by atoms with Crippen molar-refractivity contribution in [3.8, 4) is 0 Å². The molecule has 0 aliphatic heterocycles. The highest BCUT2D eigenvalue weighted by atomic mass is 31.2. The zero-order valence-corrected chi connectivity index (χ0v) is 41.0. The molecule has 0 amide bonds. The Balaban J connectivity index is 4.12. The normalized spacial score (nSPS) is 14.3. The van der Waals surface area contributed by atoms with Crippen molar-refractivity contribution < 1.29 is 37.3 Å². The molecule has 0 saturated heterocycles. The second-order valence-electron chi connectivity index (χ2n) is 17.5. The van der Waals surface area contributed by atoms with Crippen LogP contribution in [0.1, 0.15) is 194 Å². The quantitative estimate of drug-likeness (QED) is 0.0214.